The van der Waals surface area contributed by atoms with Crippen LogP contribution in [0.1, 0.15) is 65.4 Å². The van der Waals surface area contributed by atoms with Gasteiger partial charge in [-0.3, -0.25) is 4.90 Å². The second kappa shape index (κ2) is 15.7. The Bertz CT molecular complexity index is 1870. The summed E-state index contributed by atoms with van der Waals surface area (Å²) >= 11 is 1.84. The molecule has 0 bridgehead atoms. The Morgan fingerprint density at radius 3 is 1.85 bits per heavy atom. The summed E-state index contributed by atoms with van der Waals surface area (Å²) in [6.45, 7) is 6.02. The maximum absolute atomic E-state index is 13.9. The lowest BCUT2D eigenvalue weighted by atomic mass is 9.84. The van der Waals surface area contributed by atoms with E-state index in [4.69, 9.17) is 4.74 Å². The third-order valence-corrected chi connectivity index (χ3v) is 11.3. The fourth-order valence-electron chi connectivity index (χ4n) is 7.02. The number of carboxylic acids is 1. The first kappa shape index (κ1) is 36.7. The van der Waals surface area contributed by atoms with Gasteiger partial charge in [-0.15, -0.1) is 11.8 Å². The molecule has 0 aliphatic carbocycles. The van der Waals surface area contributed by atoms with Gasteiger partial charge in [0.15, 0.2) is 0 Å². The molecule has 0 saturated carbocycles. The average Bonchev–Trinajstić information content (AvgIpc) is 3.57. The number of halogens is 1. The number of thioether (sulfide) groups is 1. The number of carboxylic acid groups (broad SMARTS) is 1. The van der Waals surface area contributed by atoms with Crippen LogP contribution in [-0.4, -0.2) is 52.7 Å². The Morgan fingerprint density at radius 2 is 1.35 bits per heavy atom. The molecule has 52 heavy (non-hydrogen) atoms. The minimum atomic E-state index is -1.02. The zero-order valence-corrected chi connectivity index (χ0v) is 30.9. The first-order valence-corrected chi connectivity index (χ1v) is 18.5. The van der Waals surface area contributed by atoms with Gasteiger partial charge in [-0.25, -0.2) is 14.0 Å². The zero-order chi connectivity index (χ0) is 36.9. The summed E-state index contributed by atoms with van der Waals surface area (Å²) in [6.07, 6.45) is 0.869. The van der Waals surface area contributed by atoms with Crippen LogP contribution in [0.4, 0.5) is 14.9 Å². The van der Waals surface area contributed by atoms with Gasteiger partial charge in [0.2, 0.25) is 0 Å². The second-order valence-corrected chi connectivity index (χ2v) is 15.8. The predicted molar refractivity (Wildman–Crippen MR) is 208 cm³/mol. The van der Waals surface area contributed by atoms with E-state index in [1.807, 2.05) is 74.8 Å². The van der Waals surface area contributed by atoms with E-state index >= 15 is 0 Å². The maximum atomic E-state index is 13.9. The first-order chi connectivity index (χ1) is 24.9. The number of benzene rings is 5. The van der Waals surface area contributed by atoms with Crippen LogP contribution in [-0.2, 0) is 22.3 Å². The molecule has 1 heterocycles. The van der Waals surface area contributed by atoms with Gasteiger partial charge in [-0.2, -0.15) is 0 Å². The molecule has 0 spiro atoms. The normalized spacial score (nSPS) is 16.1. The van der Waals surface area contributed by atoms with Crippen LogP contribution in [0.2, 0.25) is 0 Å². The summed E-state index contributed by atoms with van der Waals surface area (Å²) in [5.74, 6) is -1.33. The standard InChI is InChI=1S/C44H45FN2O4S/c1-43(2,3)51-42(50)47-30-38(52-44(33-14-8-5-9-15-33,34-16-10-6-11-17-34)35-18-12-7-13-19-35)29-40(47)46(4)37-27-24-32(39(28-37)41(48)49)23-20-31-21-25-36(45)26-22-31/h5-19,21-22,24-28,38,40H,20,23,29-30H2,1-4H3,(H,48,49). The summed E-state index contributed by atoms with van der Waals surface area (Å²) in [7, 11) is 1.91. The van der Waals surface area contributed by atoms with Crippen LogP contribution >= 0.6 is 11.8 Å². The minimum Gasteiger partial charge on any atom is -0.478 e. The molecule has 1 fully saturated rings. The number of carbonyl (C=O) groups excluding carboxylic acids is 1. The summed E-state index contributed by atoms with van der Waals surface area (Å²) in [4.78, 5) is 30.3. The molecule has 1 N–H and O–H groups in total. The van der Waals surface area contributed by atoms with E-state index < -0.39 is 28.6 Å². The molecule has 6 rings (SSSR count). The monoisotopic (exact) mass is 716 g/mol. The zero-order valence-electron chi connectivity index (χ0n) is 30.0. The van der Waals surface area contributed by atoms with E-state index in [0.717, 1.165) is 22.3 Å². The van der Waals surface area contributed by atoms with Crippen LogP contribution in [0.15, 0.2) is 133 Å². The molecule has 1 aliphatic heterocycles. The molecule has 2 atom stereocenters. The molecular weight excluding hydrogens is 672 g/mol. The number of aryl methyl sites for hydroxylation is 2. The molecule has 2 unspecified atom stereocenters. The molecule has 268 valence electrons. The lowest BCUT2D eigenvalue weighted by Crippen LogP contribution is -2.47. The van der Waals surface area contributed by atoms with Crippen LogP contribution in [0.5, 0.6) is 0 Å². The van der Waals surface area contributed by atoms with Crippen molar-refractivity contribution in [3.63, 3.8) is 0 Å². The summed E-state index contributed by atoms with van der Waals surface area (Å²) < 4.78 is 18.8. The second-order valence-electron chi connectivity index (χ2n) is 14.3. The van der Waals surface area contributed by atoms with Gasteiger partial charge >= 0.3 is 12.1 Å². The van der Waals surface area contributed by atoms with Crippen molar-refractivity contribution in [2.24, 2.45) is 0 Å². The van der Waals surface area contributed by atoms with Gasteiger partial charge in [0.25, 0.3) is 0 Å². The molecule has 6 nitrogen and oxygen atoms in total. The molecule has 5 aromatic rings. The number of rotatable bonds is 11. The van der Waals surface area contributed by atoms with Crippen molar-refractivity contribution in [2.45, 2.75) is 61.8 Å². The molecule has 1 saturated heterocycles. The highest BCUT2D eigenvalue weighted by atomic mass is 32.2. The Hall–Kier alpha value is -5.08. The third-order valence-electron chi connectivity index (χ3n) is 9.52. The smallest absolute Gasteiger partial charge is 0.411 e. The lowest BCUT2D eigenvalue weighted by molar-refractivity contribution is 0.0227. The molecule has 0 radical (unpaired) electrons. The van der Waals surface area contributed by atoms with Gasteiger partial charge in [0.1, 0.15) is 17.6 Å². The quantitative estimate of drug-likeness (QED) is 0.137. The van der Waals surface area contributed by atoms with Gasteiger partial charge in [0, 0.05) is 31.0 Å². The van der Waals surface area contributed by atoms with E-state index in [1.165, 1.54) is 12.1 Å². The number of carbonyl (C=O) groups is 2. The van der Waals surface area contributed by atoms with E-state index in [1.54, 1.807) is 23.1 Å². The minimum absolute atomic E-state index is 0.0190. The number of anilines is 1. The number of amides is 1. The SMILES string of the molecule is CN(c1ccc(CCc2ccc(F)cc2)c(C(=O)O)c1)C1CC(SC(c2ccccc2)(c2ccccc2)c2ccccc2)CN1C(=O)OC(C)(C)C. The topological polar surface area (TPSA) is 70.1 Å². The molecular formula is C44H45FN2O4S. The Labute approximate surface area is 310 Å². The number of hydrogen-bond acceptors (Lipinski definition) is 5. The lowest BCUT2D eigenvalue weighted by Gasteiger charge is -2.37. The number of hydrogen-bond donors (Lipinski definition) is 1. The third kappa shape index (κ3) is 8.18. The molecule has 0 aromatic heterocycles. The summed E-state index contributed by atoms with van der Waals surface area (Å²) in [5, 5.41) is 10.3. The summed E-state index contributed by atoms with van der Waals surface area (Å²) in [5.41, 5.74) is 5.23. The molecule has 8 heteroatoms. The number of likely N-dealkylation sites (tertiary alicyclic amines) is 1. The number of aromatic carboxylic acids is 1. The number of ether oxygens (including phenoxy) is 1. The van der Waals surface area contributed by atoms with Crippen molar-refractivity contribution in [3.8, 4) is 0 Å². The average molecular weight is 717 g/mol. The largest absolute Gasteiger partial charge is 0.478 e. The van der Waals surface area contributed by atoms with Gasteiger partial charge in [-0.1, -0.05) is 109 Å². The Kier molecular flexibility index (Phi) is 11.1. The van der Waals surface area contributed by atoms with E-state index in [2.05, 4.69) is 72.8 Å². The van der Waals surface area contributed by atoms with Crippen molar-refractivity contribution >= 4 is 29.5 Å². The molecule has 1 amide bonds. The Morgan fingerprint density at radius 1 is 0.808 bits per heavy atom. The van der Waals surface area contributed by atoms with Crippen molar-refractivity contribution in [2.75, 3.05) is 18.5 Å². The van der Waals surface area contributed by atoms with Crippen LogP contribution < -0.4 is 4.90 Å². The highest BCUT2D eigenvalue weighted by Crippen LogP contribution is 2.52. The van der Waals surface area contributed by atoms with E-state index in [0.29, 0.717) is 37.1 Å². The molecule has 1 aliphatic rings. The van der Waals surface area contributed by atoms with Gasteiger partial charge < -0.3 is 14.7 Å². The Balaban J connectivity index is 1.36. The highest BCUT2D eigenvalue weighted by molar-refractivity contribution is 8.01. The van der Waals surface area contributed by atoms with Crippen molar-refractivity contribution in [3.05, 3.63) is 173 Å². The van der Waals surface area contributed by atoms with Crippen LogP contribution in [0.3, 0.4) is 0 Å². The maximum Gasteiger partial charge on any atom is 0.411 e. The van der Waals surface area contributed by atoms with Crippen molar-refractivity contribution < 1.29 is 23.8 Å². The van der Waals surface area contributed by atoms with Crippen molar-refractivity contribution in [1.82, 2.24) is 4.90 Å². The predicted octanol–water partition coefficient (Wildman–Crippen LogP) is 9.81. The van der Waals surface area contributed by atoms with Crippen molar-refractivity contribution in [1.29, 1.82) is 0 Å². The van der Waals surface area contributed by atoms with Gasteiger partial charge in [0.05, 0.1) is 10.3 Å². The number of nitrogens with zero attached hydrogens (tertiary/aromatic N) is 2. The van der Waals surface area contributed by atoms with Gasteiger partial charge in [-0.05, 0) is 85.7 Å². The fraction of sp³-hybridized carbons (Fsp3) is 0.273. The molecule has 5 aromatic carbocycles. The fourth-order valence-corrected chi connectivity index (χ4v) is 8.84. The van der Waals surface area contributed by atoms with E-state index in [-0.39, 0.29) is 16.6 Å². The van der Waals surface area contributed by atoms with Crippen LogP contribution in [0.25, 0.3) is 0 Å². The van der Waals surface area contributed by atoms with Crippen LogP contribution in [0, 0.1) is 5.82 Å². The summed E-state index contributed by atoms with van der Waals surface area (Å²) in [6, 6.07) is 43.2. The van der Waals surface area contributed by atoms with E-state index in [9.17, 15) is 19.1 Å². The first-order valence-electron chi connectivity index (χ1n) is 17.6. The highest BCUT2D eigenvalue weighted by Gasteiger charge is 2.46.